The van der Waals surface area contributed by atoms with Crippen LogP contribution in [0.1, 0.15) is 17.0 Å². The third kappa shape index (κ3) is 4.05. The van der Waals surface area contributed by atoms with Crippen LogP contribution < -0.4 is 4.72 Å². The van der Waals surface area contributed by atoms with Gasteiger partial charge in [-0.15, -0.1) is 0 Å². The molecule has 0 fully saturated rings. The van der Waals surface area contributed by atoms with Crippen molar-refractivity contribution in [2.45, 2.75) is 19.2 Å². The van der Waals surface area contributed by atoms with E-state index in [-0.39, 0.29) is 12.3 Å². The van der Waals surface area contributed by atoms with E-state index >= 15 is 0 Å². The first-order valence-corrected chi connectivity index (χ1v) is 8.65. The molecule has 2 aromatic heterocycles. The van der Waals surface area contributed by atoms with E-state index in [1.165, 1.54) is 0 Å². The highest BCUT2D eigenvalue weighted by atomic mass is 32.2. The Morgan fingerprint density at radius 1 is 1.26 bits per heavy atom. The van der Waals surface area contributed by atoms with Gasteiger partial charge in [0.05, 0.1) is 11.4 Å². The average molecular weight is 332 g/mol. The molecule has 1 aromatic carbocycles. The van der Waals surface area contributed by atoms with E-state index in [4.69, 9.17) is 4.52 Å². The second kappa shape index (κ2) is 6.35. The van der Waals surface area contributed by atoms with Crippen LogP contribution in [0.5, 0.6) is 0 Å². The van der Waals surface area contributed by atoms with Crippen LogP contribution >= 0.6 is 0 Å². The molecule has 0 aliphatic carbocycles. The minimum absolute atomic E-state index is 0.217. The van der Waals surface area contributed by atoms with Crippen LogP contribution in [-0.2, 0) is 22.3 Å². The first kappa shape index (κ1) is 15.4. The monoisotopic (exact) mass is 332 g/mol. The van der Waals surface area contributed by atoms with Gasteiger partial charge >= 0.3 is 0 Å². The summed E-state index contributed by atoms with van der Waals surface area (Å²) < 4.78 is 33.3. The number of benzene rings is 1. The summed E-state index contributed by atoms with van der Waals surface area (Å²) in [5, 5.41) is 7.82. The summed E-state index contributed by atoms with van der Waals surface area (Å²) in [6.45, 7) is 1.96. The number of nitrogens with one attached hydrogen (secondary N) is 1. The van der Waals surface area contributed by atoms with E-state index in [9.17, 15) is 8.42 Å². The van der Waals surface area contributed by atoms with Crippen molar-refractivity contribution in [1.29, 1.82) is 0 Å². The molecular formula is C15H16N4O3S. The van der Waals surface area contributed by atoms with Gasteiger partial charge in [0.25, 0.3) is 0 Å². The lowest BCUT2D eigenvalue weighted by Crippen LogP contribution is -2.24. The molecule has 1 N–H and O–H groups in total. The Labute approximate surface area is 134 Å². The molecule has 3 aromatic rings. The highest BCUT2D eigenvalue weighted by Gasteiger charge is 2.14. The lowest BCUT2D eigenvalue weighted by atomic mass is 10.2. The molecule has 0 atom stereocenters. The van der Waals surface area contributed by atoms with Crippen LogP contribution in [0, 0.1) is 6.92 Å². The fourth-order valence-electron chi connectivity index (χ4n) is 2.10. The number of aromatic nitrogens is 3. The zero-order chi connectivity index (χ0) is 16.3. The lowest BCUT2D eigenvalue weighted by molar-refractivity contribution is 0.388. The van der Waals surface area contributed by atoms with E-state index < -0.39 is 10.0 Å². The van der Waals surface area contributed by atoms with Crippen molar-refractivity contribution in [3.63, 3.8) is 0 Å². The quantitative estimate of drug-likeness (QED) is 0.743. The largest absolute Gasteiger partial charge is 0.360 e. The van der Waals surface area contributed by atoms with Crippen LogP contribution in [-0.4, -0.2) is 23.4 Å². The van der Waals surface area contributed by atoms with Crippen molar-refractivity contribution in [1.82, 2.24) is 19.7 Å². The van der Waals surface area contributed by atoms with Crippen molar-refractivity contribution in [2.75, 3.05) is 0 Å². The lowest BCUT2D eigenvalue weighted by Gasteiger charge is -2.06. The molecule has 23 heavy (non-hydrogen) atoms. The van der Waals surface area contributed by atoms with E-state index in [1.807, 2.05) is 36.5 Å². The third-order valence-electron chi connectivity index (χ3n) is 3.21. The Morgan fingerprint density at radius 3 is 2.65 bits per heavy atom. The SMILES string of the molecule is Cc1cc(CS(=O)(=O)NCc2ccc(-n3cccn3)cc2)on1. The van der Waals surface area contributed by atoms with Gasteiger partial charge in [-0.1, -0.05) is 17.3 Å². The van der Waals surface area contributed by atoms with Gasteiger partial charge in [0.2, 0.25) is 10.0 Å². The Bertz CT molecular complexity index is 868. The molecule has 0 radical (unpaired) electrons. The summed E-state index contributed by atoms with van der Waals surface area (Å²) in [7, 11) is -3.47. The van der Waals surface area contributed by atoms with E-state index in [2.05, 4.69) is 15.0 Å². The molecule has 2 heterocycles. The smallest absolute Gasteiger partial charge is 0.219 e. The van der Waals surface area contributed by atoms with Crippen molar-refractivity contribution in [2.24, 2.45) is 0 Å². The van der Waals surface area contributed by atoms with Crippen LogP contribution in [0.2, 0.25) is 0 Å². The molecule has 120 valence electrons. The summed E-state index contributed by atoms with van der Waals surface area (Å²) in [4.78, 5) is 0. The van der Waals surface area contributed by atoms with Crippen LogP contribution in [0.3, 0.4) is 0 Å². The molecule has 0 saturated carbocycles. The topological polar surface area (TPSA) is 90.0 Å². The van der Waals surface area contributed by atoms with Gasteiger partial charge < -0.3 is 4.52 Å². The van der Waals surface area contributed by atoms with Gasteiger partial charge in [0.15, 0.2) is 5.76 Å². The third-order valence-corrected chi connectivity index (χ3v) is 4.46. The molecule has 0 bridgehead atoms. The number of rotatable bonds is 6. The van der Waals surface area contributed by atoms with E-state index in [1.54, 1.807) is 23.9 Å². The Hall–Kier alpha value is -2.45. The molecule has 0 saturated heterocycles. The van der Waals surface area contributed by atoms with Gasteiger partial charge in [-0.2, -0.15) is 5.10 Å². The first-order valence-electron chi connectivity index (χ1n) is 7.00. The van der Waals surface area contributed by atoms with Crippen molar-refractivity contribution in [3.05, 3.63) is 65.8 Å². The predicted molar refractivity (Wildman–Crippen MR) is 84.3 cm³/mol. The summed E-state index contributed by atoms with van der Waals surface area (Å²) in [5.41, 5.74) is 2.43. The van der Waals surface area contributed by atoms with Gasteiger partial charge in [-0.05, 0) is 30.7 Å². The molecule has 0 aliphatic heterocycles. The van der Waals surface area contributed by atoms with Gasteiger partial charge in [-0.3, -0.25) is 0 Å². The van der Waals surface area contributed by atoms with Crippen molar-refractivity contribution < 1.29 is 12.9 Å². The molecule has 0 amide bonds. The minimum Gasteiger partial charge on any atom is -0.360 e. The Kier molecular flexibility index (Phi) is 4.26. The average Bonchev–Trinajstić information content (AvgIpc) is 3.17. The van der Waals surface area contributed by atoms with Crippen LogP contribution in [0.25, 0.3) is 5.69 Å². The van der Waals surface area contributed by atoms with Crippen LogP contribution in [0.15, 0.2) is 53.3 Å². The minimum atomic E-state index is -3.47. The fraction of sp³-hybridized carbons (Fsp3) is 0.200. The fourth-order valence-corrected chi connectivity index (χ4v) is 3.10. The molecule has 3 rings (SSSR count). The highest BCUT2D eigenvalue weighted by Crippen LogP contribution is 2.10. The highest BCUT2D eigenvalue weighted by molar-refractivity contribution is 7.88. The maximum Gasteiger partial charge on any atom is 0.219 e. The summed E-state index contributed by atoms with van der Waals surface area (Å²) in [6.07, 6.45) is 3.55. The second-order valence-corrected chi connectivity index (χ2v) is 6.94. The zero-order valence-electron chi connectivity index (χ0n) is 12.5. The maximum atomic E-state index is 12.0. The van der Waals surface area contributed by atoms with Crippen molar-refractivity contribution in [3.8, 4) is 5.69 Å². The summed E-state index contributed by atoms with van der Waals surface area (Å²) in [5.74, 6) is 0.100. The van der Waals surface area contributed by atoms with E-state index in [0.717, 1.165) is 11.3 Å². The standard InChI is InChI=1S/C15H16N4O3S/c1-12-9-15(22-18-12)11-23(20,21)17-10-13-3-5-14(6-4-13)19-8-2-7-16-19/h2-9,17H,10-11H2,1H3. The summed E-state index contributed by atoms with van der Waals surface area (Å²) in [6, 6.07) is 10.9. The number of hydrogen-bond donors (Lipinski definition) is 1. The molecule has 8 heteroatoms. The molecular weight excluding hydrogens is 316 g/mol. The van der Waals surface area contributed by atoms with Crippen LogP contribution in [0.4, 0.5) is 0 Å². The molecule has 7 nitrogen and oxygen atoms in total. The van der Waals surface area contributed by atoms with Crippen molar-refractivity contribution >= 4 is 10.0 Å². The van der Waals surface area contributed by atoms with E-state index in [0.29, 0.717) is 11.5 Å². The first-order chi connectivity index (χ1) is 11.0. The van der Waals surface area contributed by atoms with Gasteiger partial charge in [0.1, 0.15) is 5.75 Å². The normalized spacial score (nSPS) is 11.7. The molecule has 0 unspecified atom stereocenters. The molecule has 0 aliphatic rings. The number of aryl methyl sites for hydroxylation is 1. The molecule has 0 spiro atoms. The maximum absolute atomic E-state index is 12.0. The Morgan fingerprint density at radius 2 is 2.04 bits per heavy atom. The van der Waals surface area contributed by atoms with Gasteiger partial charge in [0, 0.05) is 25.0 Å². The zero-order valence-corrected chi connectivity index (χ0v) is 13.3. The second-order valence-electron chi connectivity index (χ2n) is 5.13. The summed E-state index contributed by atoms with van der Waals surface area (Å²) >= 11 is 0. The number of sulfonamides is 1. The Balaban J connectivity index is 1.61. The number of hydrogen-bond acceptors (Lipinski definition) is 5. The van der Waals surface area contributed by atoms with Gasteiger partial charge in [-0.25, -0.2) is 17.8 Å². The number of nitrogens with zero attached hydrogens (tertiary/aromatic N) is 3. The predicted octanol–water partition coefficient (Wildman–Crippen LogP) is 1.79.